The van der Waals surface area contributed by atoms with Gasteiger partial charge in [0.05, 0.1) is 16.4 Å². The van der Waals surface area contributed by atoms with Crippen molar-refractivity contribution < 1.29 is 9.18 Å². The van der Waals surface area contributed by atoms with Crippen LogP contribution in [0.2, 0.25) is 0 Å². The summed E-state index contributed by atoms with van der Waals surface area (Å²) in [5, 5.41) is 5.76. The molecule has 0 aliphatic rings. The van der Waals surface area contributed by atoms with Crippen LogP contribution in [0.1, 0.15) is 6.92 Å². The number of benzene rings is 1. The van der Waals surface area contributed by atoms with Gasteiger partial charge in [0, 0.05) is 32.6 Å². The molecule has 0 fully saturated rings. The van der Waals surface area contributed by atoms with E-state index in [1.54, 1.807) is 31.0 Å². The maximum Gasteiger partial charge on any atom is 0.224 e. The average Bonchev–Trinajstić information content (AvgIpc) is 2.75. The molecule has 6 heteroatoms. The SMILES string of the molecule is CC(=O)N(C)c1nn(C)c2c1cnc1ccc(F)cc12. The molecule has 3 rings (SSSR count). The largest absolute Gasteiger partial charge is 0.298 e. The van der Waals surface area contributed by atoms with Crippen molar-refractivity contribution >= 4 is 33.5 Å². The molecule has 0 radical (unpaired) electrons. The third kappa shape index (κ3) is 1.72. The molecule has 5 nitrogen and oxygen atoms in total. The fourth-order valence-corrected chi connectivity index (χ4v) is 2.31. The van der Waals surface area contributed by atoms with Crippen molar-refractivity contribution in [1.29, 1.82) is 0 Å². The predicted octanol–water partition coefficient (Wildman–Crippen LogP) is 2.24. The zero-order valence-electron chi connectivity index (χ0n) is 11.4. The Morgan fingerprint density at radius 3 is 2.80 bits per heavy atom. The Hall–Kier alpha value is -2.50. The van der Waals surface area contributed by atoms with Gasteiger partial charge in [-0.05, 0) is 18.2 Å². The number of halogens is 1. The van der Waals surface area contributed by atoms with Crippen LogP contribution >= 0.6 is 0 Å². The van der Waals surface area contributed by atoms with Crippen LogP contribution in [0.5, 0.6) is 0 Å². The number of aryl methyl sites for hydroxylation is 1. The number of aromatic nitrogens is 3. The number of hydrogen-bond acceptors (Lipinski definition) is 3. The zero-order valence-corrected chi connectivity index (χ0v) is 11.4. The monoisotopic (exact) mass is 272 g/mol. The molecule has 0 saturated heterocycles. The van der Waals surface area contributed by atoms with Crippen molar-refractivity contribution in [3.63, 3.8) is 0 Å². The molecule has 20 heavy (non-hydrogen) atoms. The van der Waals surface area contributed by atoms with E-state index >= 15 is 0 Å². The van der Waals surface area contributed by atoms with Gasteiger partial charge in [-0.3, -0.25) is 19.4 Å². The van der Waals surface area contributed by atoms with Gasteiger partial charge in [0.2, 0.25) is 5.91 Å². The lowest BCUT2D eigenvalue weighted by atomic mass is 10.1. The summed E-state index contributed by atoms with van der Waals surface area (Å²) in [5.41, 5.74) is 1.46. The average molecular weight is 272 g/mol. The topological polar surface area (TPSA) is 51.0 Å². The van der Waals surface area contributed by atoms with Crippen LogP contribution in [0.25, 0.3) is 21.8 Å². The lowest BCUT2D eigenvalue weighted by Gasteiger charge is -2.11. The van der Waals surface area contributed by atoms with Crippen LogP contribution in [0.15, 0.2) is 24.4 Å². The van der Waals surface area contributed by atoms with Crippen molar-refractivity contribution in [3.05, 3.63) is 30.2 Å². The molecule has 2 heterocycles. The first kappa shape index (κ1) is 12.5. The van der Waals surface area contributed by atoms with Crippen molar-refractivity contribution in [1.82, 2.24) is 14.8 Å². The van der Waals surface area contributed by atoms with Gasteiger partial charge in [-0.25, -0.2) is 4.39 Å². The van der Waals surface area contributed by atoms with E-state index < -0.39 is 0 Å². The van der Waals surface area contributed by atoms with Gasteiger partial charge < -0.3 is 0 Å². The number of carbonyl (C=O) groups is 1. The third-order valence-electron chi connectivity index (χ3n) is 3.40. The summed E-state index contributed by atoms with van der Waals surface area (Å²) < 4.78 is 15.1. The van der Waals surface area contributed by atoms with Gasteiger partial charge in [-0.15, -0.1) is 0 Å². The van der Waals surface area contributed by atoms with Crippen LogP contribution in [-0.4, -0.2) is 27.7 Å². The number of hydrogen-bond donors (Lipinski definition) is 0. The molecule has 1 amide bonds. The van der Waals surface area contributed by atoms with Crippen LogP contribution in [0, 0.1) is 5.82 Å². The van der Waals surface area contributed by atoms with Crippen LogP contribution < -0.4 is 4.90 Å². The van der Waals surface area contributed by atoms with Crippen LogP contribution in [-0.2, 0) is 11.8 Å². The lowest BCUT2D eigenvalue weighted by molar-refractivity contribution is -0.116. The standard InChI is InChI=1S/C14H13FN4O/c1-8(20)18(2)14-11-7-16-12-5-4-9(15)6-10(12)13(11)19(3)17-14/h4-7H,1-3H3. The van der Waals surface area contributed by atoms with E-state index in [9.17, 15) is 9.18 Å². The van der Waals surface area contributed by atoms with Gasteiger partial charge in [-0.1, -0.05) is 0 Å². The van der Waals surface area contributed by atoms with Gasteiger partial charge >= 0.3 is 0 Å². The highest BCUT2D eigenvalue weighted by atomic mass is 19.1. The molecule has 0 aliphatic heterocycles. The second-order valence-corrected chi connectivity index (χ2v) is 4.71. The van der Waals surface area contributed by atoms with Gasteiger partial charge in [0.25, 0.3) is 0 Å². The summed E-state index contributed by atoms with van der Waals surface area (Å²) in [6, 6.07) is 4.44. The number of rotatable bonds is 1. The number of fused-ring (bicyclic) bond motifs is 3. The lowest BCUT2D eigenvalue weighted by Crippen LogP contribution is -2.23. The van der Waals surface area contributed by atoms with Crippen LogP contribution in [0.4, 0.5) is 10.2 Å². The number of pyridine rings is 1. The third-order valence-corrected chi connectivity index (χ3v) is 3.40. The van der Waals surface area contributed by atoms with E-state index in [0.717, 1.165) is 10.9 Å². The van der Waals surface area contributed by atoms with E-state index in [1.165, 1.54) is 24.0 Å². The zero-order chi connectivity index (χ0) is 14.4. The Morgan fingerprint density at radius 1 is 1.35 bits per heavy atom. The fraction of sp³-hybridized carbons (Fsp3) is 0.214. The van der Waals surface area contributed by atoms with Gasteiger partial charge in [0.15, 0.2) is 5.82 Å². The van der Waals surface area contributed by atoms with E-state index in [4.69, 9.17) is 0 Å². The highest BCUT2D eigenvalue weighted by Gasteiger charge is 2.17. The van der Waals surface area contributed by atoms with Crippen molar-refractivity contribution in [3.8, 4) is 0 Å². The van der Waals surface area contributed by atoms with Gasteiger partial charge in [0.1, 0.15) is 5.82 Å². The molecule has 1 aromatic carbocycles. The molecule has 0 atom stereocenters. The Kier molecular flexibility index (Phi) is 2.67. The molecule has 0 saturated carbocycles. The van der Waals surface area contributed by atoms with E-state index in [0.29, 0.717) is 16.7 Å². The molecule has 0 bridgehead atoms. The number of amides is 1. The van der Waals surface area contributed by atoms with Crippen LogP contribution in [0.3, 0.4) is 0 Å². The predicted molar refractivity (Wildman–Crippen MR) is 75.1 cm³/mol. The fourth-order valence-electron chi connectivity index (χ4n) is 2.31. The molecular formula is C14H13FN4O. The minimum atomic E-state index is -0.325. The van der Waals surface area contributed by atoms with Crippen molar-refractivity contribution in [2.24, 2.45) is 7.05 Å². The Bertz CT molecular complexity index is 840. The summed E-state index contributed by atoms with van der Waals surface area (Å²) in [7, 11) is 3.42. The second kappa shape index (κ2) is 4.26. The van der Waals surface area contributed by atoms with Crippen molar-refractivity contribution in [2.75, 3.05) is 11.9 Å². The molecule has 0 unspecified atom stereocenters. The van der Waals surface area contributed by atoms with E-state index in [1.807, 2.05) is 0 Å². The second-order valence-electron chi connectivity index (χ2n) is 4.71. The summed E-state index contributed by atoms with van der Waals surface area (Å²) >= 11 is 0. The van der Waals surface area contributed by atoms with E-state index in [-0.39, 0.29) is 11.7 Å². The minimum Gasteiger partial charge on any atom is -0.298 e. The number of anilines is 1. The molecule has 0 N–H and O–H groups in total. The Morgan fingerprint density at radius 2 is 2.10 bits per heavy atom. The number of carbonyl (C=O) groups excluding carboxylic acids is 1. The molecule has 3 aromatic rings. The maximum absolute atomic E-state index is 13.5. The minimum absolute atomic E-state index is 0.121. The molecule has 102 valence electrons. The maximum atomic E-state index is 13.5. The smallest absolute Gasteiger partial charge is 0.224 e. The normalized spacial score (nSPS) is 11.2. The Balaban J connectivity index is 2.41. The first-order valence-electron chi connectivity index (χ1n) is 6.14. The summed E-state index contributed by atoms with van der Waals surface area (Å²) in [4.78, 5) is 17.3. The molecule has 0 spiro atoms. The first-order chi connectivity index (χ1) is 9.49. The summed E-state index contributed by atoms with van der Waals surface area (Å²) in [6.07, 6.45) is 1.66. The highest BCUT2D eigenvalue weighted by Crippen LogP contribution is 2.30. The Labute approximate surface area is 114 Å². The molecular weight excluding hydrogens is 259 g/mol. The highest BCUT2D eigenvalue weighted by molar-refractivity contribution is 6.09. The molecule has 0 aliphatic carbocycles. The van der Waals surface area contributed by atoms with Crippen molar-refractivity contribution in [2.45, 2.75) is 6.92 Å². The summed E-state index contributed by atoms with van der Waals surface area (Å²) in [5.74, 6) is 0.0764. The van der Waals surface area contributed by atoms with Gasteiger partial charge in [-0.2, -0.15) is 5.10 Å². The molecule has 2 aromatic heterocycles. The van der Waals surface area contributed by atoms with E-state index in [2.05, 4.69) is 10.1 Å². The first-order valence-corrected chi connectivity index (χ1v) is 6.14. The number of nitrogens with zero attached hydrogens (tertiary/aromatic N) is 4. The summed E-state index contributed by atoms with van der Waals surface area (Å²) in [6.45, 7) is 1.47. The quantitative estimate of drug-likeness (QED) is 0.682.